The Kier molecular flexibility index (Phi) is 17.3. The molecule has 0 fully saturated rings. The Hall–Kier alpha value is 1.81. The molecule has 0 amide bonds. The summed E-state index contributed by atoms with van der Waals surface area (Å²) in [5, 5.41) is 0. The Morgan fingerprint density at radius 1 is 1.33 bits per heavy atom. The van der Waals surface area contributed by atoms with Crippen LogP contribution in [0.3, 0.4) is 0 Å². The third-order valence-electron chi connectivity index (χ3n) is 0.990. The molecule has 0 rings (SSSR count). The fourth-order valence-electron chi connectivity index (χ4n) is 0.523. The van der Waals surface area contributed by atoms with Crippen LogP contribution in [-0.4, -0.2) is 26.0 Å². The first-order valence-electron chi connectivity index (χ1n) is 3.57. The first-order valence-corrected chi connectivity index (χ1v) is 7.31. The molecule has 12 heavy (non-hydrogen) atoms. The molecule has 0 aromatic rings. The van der Waals surface area contributed by atoms with Crippen LogP contribution in [0.2, 0.25) is 0 Å². The minimum absolute atomic E-state index is 0. The Morgan fingerprint density at radius 3 is 2.50 bits per heavy atom. The third kappa shape index (κ3) is 14.3. The molecule has 0 N–H and O–H groups in total. The molecule has 2 nitrogen and oxygen atoms in total. The molecule has 0 aromatic carbocycles. The van der Waals surface area contributed by atoms with Crippen molar-refractivity contribution in [2.75, 3.05) is 17.3 Å². The maximum atomic E-state index is 10.1. The monoisotopic (exact) mass is 236 g/mol. The third-order valence-corrected chi connectivity index (χ3v) is 4.18. The van der Waals surface area contributed by atoms with E-state index in [1.54, 1.807) is 0 Å². The van der Waals surface area contributed by atoms with Crippen molar-refractivity contribution in [2.24, 2.45) is 0 Å². The summed E-state index contributed by atoms with van der Waals surface area (Å²) in [7, 11) is 3.65. The molecule has 0 aliphatic heterocycles. The minimum Gasteiger partial charge on any atom is -0.772 e. The van der Waals surface area contributed by atoms with Gasteiger partial charge in [0.15, 0.2) is 0 Å². The van der Waals surface area contributed by atoms with Gasteiger partial charge in [-0.05, 0) is 12.8 Å². The van der Waals surface area contributed by atoms with Gasteiger partial charge in [-0.15, -0.1) is 0 Å². The molecule has 0 aromatic heterocycles. The van der Waals surface area contributed by atoms with Crippen molar-refractivity contribution in [2.45, 2.75) is 19.8 Å². The molecule has 0 saturated carbocycles. The standard InChI is InChI=1S/C6H14O2S3.Na/c1-2-9-10-5-3-4-6-11(7)8;/h2-6H2,1H3,(H,7,8);/q;+1/p-1. The molecule has 1 atom stereocenters. The molecule has 6 heteroatoms. The Balaban J connectivity index is 0. The molecule has 1 unspecified atom stereocenters. The van der Waals surface area contributed by atoms with Gasteiger partial charge in [-0.25, -0.2) is 0 Å². The summed E-state index contributed by atoms with van der Waals surface area (Å²) in [6.45, 7) is 2.12. The molecule has 0 saturated heterocycles. The van der Waals surface area contributed by atoms with Gasteiger partial charge in [-0.3, -0.25) is 4.21 Å². The van der Waals surface area contributed by atoms with Crippen LogP contribution >= 0.6 is 21.6 Å². The summed E-state index contributed by atoms with van der Waals surface area (Å²) in [6.07, 6.45) is 1.80. The fraction of sp³-hybridized carbons (Fsp3) is 1.00. The first kappa shape index (κ1) is 16.2. The molecule has 0 aliphatic rings. The van der Waals surface area contributed by atoms with Crippen molar-refractivity contribution >= 4 is 32.7 Å². The number of hydrogen-bond acceptors (Lipinski definition) is 4. The van der Waals surface area contributed by atoms with Crippen LogP contribution in [0.15, 0.2) is 0 Å². The first-order chi connectivity index (χ1) is 5.27. The van der Waals surface area contributed by atoms with Crippen molar-refractivity contribution in [1.29, 1.82) is 0 Å². The van der Waals surface area contributed by atoms with Gasteiger partial charge < -0.3 is 4.55 Å². The minimum atomic E-state index is -1.84. The van der Waals surface area contributed by atoms with E-state index in [0.29, 0.717) is 5.75 Å². The fourth-order valence-corrected chi connectivity index (χ4v) is 2.78. The zero-order valence-corrected chi connectivity index (χ0v) is 12.0. The van der Waals surface area contributed by atoms with Crippen LogP contribution in [-0.2, 0) is 11.1 Å². The summed E-state index contributed by atoms with van der Waals surface area (Å²) in [5.74, 6) is 2.51. The van der Waals surface area contributed by atoms with Gasteiger partial charge in [0.2, 0.25) is 0 Å². The van der Waals surface area contributed by atoms with Gasteiger partial charge in [0, 0.05) is 17.3 Å². The Labute approximate surface area is 107 Å². The van der Waals surface area contributed by atoms with E-state index < -0.39 is 11.1 Å². The summed E-state index contributed by atoms with van der Waals surface area (Å²) < 4.78 is 20.2. The number of hydrogen-bond donors (Lipinski definition) is 0. The van der Waals surface area contributed by atoms with Crippen LogP contribution < -0.4 is 29.6 Å². The van der Waals surface area contributed by atoms with E-state index in [9.17, 15) is 8.76 Å². The van der Waals surface area contributed by atoms with Crippen molar-refractivity contribution in [3.05, 3.63) is 0 Å². The largest absolute Gasteiger partial charge is 1.00 e. The second-order valence-electron chi connectivity index (χ2n) is 1.94. The van der Waals surface area contributed by atoms with Crippen molar-refractivity contribution < 1.29 is 38.3 Å². The zero-order valence-electron chi connectivity index (χ0n) is 7.58. The Bertz CT molecular complexity index is 113. The van der Waals surface area contributed by atoms with E-state index in [1.165, 1.54) is 0 Å². The van der Waals surface area contributed by atoms with Crippen molar-refractivity contribution in [1.82, 2.24) is 0 Å². The molecular formula is C6H13NaO2S3. The maximum Gasteiger partial charge on any atom is 1.00 e. The predicted molar refractivity (Wildman–Crippen MR) is 53.6 cm³/mol. The van der Waals surface area contributed by atoms with Gasteiger partial charge in [-0.2, -0.15) is 0 Å². The summed E-state index contributed by atoms with van der Waals surface area (Å²) in [6, 6.07) is 0. The van der Waals surface area contributed by atoms with Gasteiger partial charge in [0.25, 0.3) is 0 Å². The SMILES string of the molecule is CCSSCCCCS(=O)[O-].[Na+]. The molecule has 0 radical (unpaired) electrons. The van der Waals surface area contributed by atoms with E-state index in [4.69, 9.17) is 0 Å². The molecule has 68 valence electrons. The predicted octanol–water partition coefficient (Wildman–Crippen LogP) is -0.949. The van der Waals surface area contributed by atoms with Gasteiger partial charge in [0.05, 0.1) is 0 Å². The zero-order chi connectivity index (χ0) is 8.53. The molecule has 0 bridgehead atoms. The van der Waals surface area contributed by atoms with Crippen molar-refractivity contribution in [3.63, 3.8) is 0 Å². The topological polar surface area (TPSA) is 40.1 Å². The van der Waals surface area contributed by atoms with Gasteiger partial charge in [-0.1, -0.05) is 39.6 Å². The van der Waals surface area contributed by atoms with E-state index in [0.717, 1.165) is 24.3 Å². The summed E-state index contributed by atoms with van der Waals surface area (Å²) in [4.78, 5) is 0. The van der Waals surface area contributed by atoms with Crippen LogP contribution in [0.4, 0.5) is 0 Å². The average Bonchev–Trinajstić information content (AvgIpc) is 1.96. The van der Waals surface area contributed by atoms with E-state index in [-0.39, 0.29) is 29.6 Å². The maximum absolute atomic E-state index is 10.1. The smallest absolute Gasteiger partial charge is 0.772 e. The quantitative estimate of drug-likeness (QED) is 0.247. The number of unbranched alkanes of at least 4 members (excludes halogenated alkanes) is 1. The number of rotatable bonds is 7. The van der Waals surface area contributed by atoms with E-state index in [2.05, 4.69) is 6.92 Å². The molecule has 0 heterocycles. The van der Waals surface area contributed by atoms with E-state index >= 15 is 0 Å². The van der Waals surface area contributed by atoms with Crippen molar-refractivity contribution in [3.8, 4) is 0 Å². The molecule has 0 aliphatic carbocycles. The van der Waals surface area contributed by atoms with Crippen LogP contribution in [0, 0.1) is 0 Å². The normalized spacial score (nSPS) is 12.2. The molecule has 0 spiro atoms. The van der Waals surface area contributed by atoms with Crippen LogP contribution in [0.5, 0.6) is 0 Å². The second-order valence-corrected chi connectivity index (χ2v) is 5.83. The van der Waals surface area contributed by atoms with E-state index in [1.807, 2.05) is 21.6 Å². The summed E-state index contributed by atoms with van der Waals surface area (Å²) >= 11 is -1.84. The summed E-state index contributed by atoms with van der Waals surface area (Å²) in [5.41, 5.74) is 0. The van der Waals surface area contributed by atoms with Crippen LogP contribution in [0.1, 0.15) is 19.8 Å². The Morgan fingerprint density at radius 2 is 2.00 bits per heavy atom. The van der Waals surface area contributed by atoms with Gasteiger partial charge in [0.1, 0.15) is 0 Å². The van der Waals surface area contributed by atoms with Gasteiger partial charge >= 0.3 is 29.6 Å². The molecular weight excluding hydrogens is 223 g/mol. The van der Waals surface area contributed by atoms with Crippen LogP contribution in [0.25, 0.3) is 0 Å². The average molecular weight is 236 g/mol. The second kappa shape index (κ2) is 12.8.